The molecule has 7 nitrogen and oxygen atoms in total. The summed E-state index contributed by atoms with van der Waals surface area (Å²) < 4.78 is 0. The van der Waals surface area contributed by atoms with Gasteiger partial charge in [0.25, 0.3) is 5.69 Å². The van der Waals surface area contributed by atoms with Crippen molar-refractivity contribution in [2.75, 3.05) is 0 Å². The van der Waals surface area contributed by atoms with E-state index in [-0.39, 0.29) is 11.3 Å². The highest BCUT2D eigenvalue weighted by atomic mass is 16.6. The lowest BCUT2D eigenvalue weighted by Crippen LogP contribution is -2.20. The lowest BCUT2D eigenvalue weighted by atomic mass is 9.99. The summed E-state index contributed by atoms with van der Waals surface area (Å²) in [4.78, 5) is 31.0. The Morgan fingerprint density at radius 3 is 1.88 bits per heavy atom. The predicted octanol–water partition coefficient (Wildman–Crippen LogP) is 0.848. The van der Waals surface area contributed by atoms with Crippen LogP contribution in [0.3, 0.4) is 0 Å². The van der Waals surface area contributed by atoms with Crippen molar-refractivity contribution in [2.24, 2.45) is 0 Å². The summed E-state index contributed by atoms with van der Waals surface area (Å²) in [6.07, 6.45) is 0. The molecule has 84 valence electrons. The molecule has 0 fully saturated rings. The van der Waals surface area contributed by atoms with Crippen molar-refractivity contribution in [3.8, 4) is 0 Å². The fraction of sp³-hybridized carbons (Fsp3) is 0.111. The third-order valence-electron chi connectivity index (χ3n) is 1.93. The Morgan fingerprint density at radius 2 is 1.56 bits per heavy atom. The zero-order valence-corrected chi connectivity index (χ0v) is 7.86. The average Bonchev–Trinajstić information content (AvgIpc) is 2.17. The zero-order chi connectivity index (χ0) is 12.3. The van der Waals surface area contributed by atoms with Crippen LogP contribution in [0.5, 0.6) is 0 Å². The van der Waals surface area contributed by atoms with Gasteiger partial charge in [-0.05, 0) is 5.56 Å². The van der Waals surface area contributed by atoms with Crippen molar-refractivity contribution < 1.29 is 24.7 Å². The van der Waals surface area contributed by atoms with Gasteiger partial charge in [0, 0.05) is 12.1 Å². The van der Waals surface area contributed by atoms with Crippen LogP contribution in [0, 0.1) is 10.1 Å². The summed E-state index contributed by atoms with van der Waals surface area (Å²) in [7, 11) is 0. The van der Waals surface area contributed by atoms with Gasteiger partial charge < -0.3 is 10.2 Å². The Morgan fingerprint density at radius 1 is 1.12 bits per heavy atom. The minimum atomic E-state index is -1.71. The molecule has 1 aromatic carbocycles. The average molecular weight is 225 g/mol. The standard InChI is InChI=1S/C9H7NO6/c11-8(12)7(9(13)14)5-1-3-6(4-2-5)10(15)16/h1-4,7H,(H,11,12)(H,13,14). The van der Waals surface area contributed by atoms with Gasteiger partial charge in [0.1, 0.15) is 0 Å². The number of aliphatic carboxylic acids is 2. The lowest BCUT2D eigenvalue weighted by Gasteiger charge is -2.06. The molecule has 0 unspecified atom stereocenters. The van der Waals surface area contributed by atoms with Gasteiger partial charge in [-0.2, -0.15) is 0 Å². The third kappa shape index (κ3) is 2.32. The van der Waals surface area contributed by atoms with E-state index in [9.17, 15) is 19.7 Å². The van der Waals surface area contributed by atoms with Gasteiger partial charge in [-0.25, -0.2) is 0 Å². The largest absolute Gasteiger partial charge is 0.480 e. The number of carbonyl (C=O) groups is 2. The van der Waals surface area contributed by atoms with E-state index < -0.39 is 22.8 Å². The van der Waals surface area contributed by atoms with E-state index >= 15 is 0 Å². The van der Waals surface area contributed by atoms with Crippen LogP contribution in [0.15, 0.2) is 24.3 Å². The molecule has 1 aromatic rings. The number of carboxylic acids is 2. The number of non-ortho nitro benzene ring substituents is 1. The van der Waals surface area contributed by atoms with E-state index in [4.69, 9.17) is 10.2 Å². The highest BCUT2D eigenvalue weighted by Crippen LogP contribution is 2.20. The SMILES string of the molecule is O=C(O)C(C(=O)O)c1ccc([N+](=O)[O-])cc1. The molecule has 0 aliphatic heterocycles. The van der Waals surface area contributed by atoms with Crippen molar-refractivity contribution in [1.29, 1.82) is 0 Å². The molecular weight excluding hydrogens is 218 g/mol. The van der Waals surface area contributed by atoms with Crippen molar-refractivity contribution in [2.45, 2.75) is 5.92 Å². The number of hydrogen-bond donors (Lipinski definition) is 2. The molecule has 0 bridgehead atoms. The number of benzene rings is 1. The molecule has 2 N–H and O–H groups in total. The molecule has 16 heavy (non-hydrogen) atoms. The summed E-state index contributed by atoms with van der Waals surface area (Å²) in [6.45, 7) is 0. The first-order valence-electron chi connectivity index (χ1n) is 4.13. The van der Waals surface area contributed by atoms with Gasteiger partial charge in [0.05, 0.1) is 4.92 Å². The fourth-order valence-electron chi connectivity index (χ4n) is 1.18. The topological polar surface area (TPSA) is 118 Å². The number of rotatable bonds is 4. The molecule has 0 aromatic heterocycles. The second kappa shape index (κ2) is 4.39. The lowest BCUT2D eigenvalue weighted by molar-refractivity contribution is -0.384. The summed E-state index contributed by atoms with van der Waals surface area (Å²) in [5.74, 6) is -4.73. The van der Waals surface area contributed by atoms with Crippen LogP contribution in [0.1, 0.15) is 11.5 Å². The Labute approximate surface area is 89.1 Å². The van der Waals surface area contributed by atoms with Gasteiger partial charge in [-0.15, -0.1) is 0 Å². The van der Waals surface area contributed by atoms with Crippen molar-refractivity contribution in [3.05, 3.63) is 39.9 Å². The van der Waals surface area contributed by atoms with Gasteiger partial charge >= 0.3 is 11.9 Å². The summed E-state index contributed by atoms with van der Waals surface area (Å²) >= 11 is 0. The number of nitrogens with zero attached hydrogens (tertiary/aromatic N) is 1. The van der Waals surface area contributed by atoms with Crippen LogP contribution >= 0.6 is 0 Å². The second-order valence-electron chi connectivity index (χ2n) is 2.96. The first-order chi connectivity index (χ1) is 7.43. The molecule has 0 saturated carbocycles. The normalized spacial score (nSPS) is 10.1. The van der Waals surface area contributed by atoms with Crippen molar-refractivity contribution >= 4 is 17.6 Å². The minimum Gasteiger partial charge on any atom is -0.480 e. The first kappa shape index (κ1) is 11.6. The molecule has 0 amide bonds. The van der Waals surface area contributed by atoms with Crippen LogP contribution < -0.4 is 0 Å². The predicted molar refractivity (Wildman–Crippen MR) is 51.1 cm³/mol. The molecule has 0 radical (unpaired) electrons. The Kier molecular flexibility index (Phi) is 3.19. The molecule has 1 rings (SSSR count). The van der Waals surface area contributed by atoms with Crippen LogP contribution in [0.2, 0.25) is 0 Å². The summed E-state index contributed by atoms with van der Waals surface area (Å²) in [5.41, 5.74) is -0.233. The van der Waals surface area contributed by atoms with Crippen LogP contribution in [0.4, 0.5) is 5.69 Å². The molecular formula is C9H7NO6. The van der Waals surface area contributed by atoms with Crippen LogP contribution in [0.25, 0.3) is 0 Å². The van der Waals surface area contributed by atoms with E-state index in [2.05, 4.69) is 0 Å². The fourth-order valence-corrected chi connectivity index (χ4v) is 1.18. The monoisotopic (exact) mass is 225 g/mol. The summed E-state index contributed by atoms with van der Waals surface area (Å²) in [6, 6.07) is 4.36. The maximum absolute atomic E-state index is 10.6. The quantitative estimate of drug-likeness (QED) is 0.445. The molecule has 0 aliphatic carbocycles. The number of hydrogen-bond acceptors (Lipinski definition) is 4. The smallest absolute Gasteiger partial charge is 0.322 e. The highest BCUT2D eigenvalue weighted by molar-refractivity contribution is 5.99. The Bertz CT molecular complexity index is 424. The van der Waals surface area contributed by atoms with Gasteiger partial charge in [0.15, 0.2) is 5.92 Å². The van der Waals surface area contributed by atoms with Crippen LogP contribution in [-0.2, 0) is 9.59 Å². The molecule has 0 atom stereocenters. The molecule has 7 heteroatoms. The number of nitro groups is 1. The van der Waals surface area contributed by atoms with Crippen LogP contribution in [-0.4, -0.2) is 27.1 Å². The summed E-state index contributed by atoms with van der Waals surface area (Å²) in [5, 5.41) is 27.6. The zero-order valence-electron chi connectivity index (χ0n) is 7.86. The van der Waals surface area contributed by atoms with Gasteiger partial charge in [0.2, 0.25) is 0 Å². The van der Waals surface area contributed by atoms with Gasteiger partial charge in [-0.3, -0.25) is 19.7 Å². The van der Waals surface area contributed by atoms with Gasteiger partial charge in [-0.1, -0.05) is 12.1 Å². The van der Waals surface area contributed by atoms with E-state index in [1.54, 1.807) is 0 Å². The Hall–Kier alpha value is -2.44. The first-order valence-corrected chi connectivity index (χ1v) is 4.13. The van der Waals surface area contributed by atoms with E-state index in [0.29, 0.717) is 0 Å². The maximum Gasteiger partial charge on any atom is 0.322 e. The third-order valence-corrected chi connectivity index (χ3v) is 1.93. The van der Waals surface area contributed by atoms with Crippen molar-refractivity contribution in [3.63, 3.8) is 0 Å². The molecule has 0 heterocycles. The van der Waals surface area contributed by atoms with Crippen molar-refractivity contribution in [1.82, 2.24) is 0 Å². The molecule has 0 spiro atoms. The van der Waals surface area contributed by atoms with E-state index in [1.807, 2.05) is 0 Å². The minimum absolute atomic E-state index is 0.00870. The molecule has 0 saturated heterocycles. The highest BCUT2D eigenvalue weighted by Gasteiger charge is 2.28. The van der Waals surface area contributed by atoms with E-state index in [0.717, 1.165) is 24.3 Å². The Balaban J connectivity index is 3.08. The van der Waals surface area contributed by atoms with E-state index in [1.165, 1.54) is 0 Å². The second-order valence-corrected chi connectivity index (χ2v) is 2.96. The number of carboxylic acid groups (broad SMARTS) is 2. The molecule has 0 aliphatic rings. The maximum atomic E-state index is 10.6. The number of nitro benzene ring substituents is 1.